The van der Waals surface area contributed by atoms with Crippen LogP contribution in [-0.2, 0) is 9.53 Å². The van der Waals surface area contributed by atoms with E-state index in [0.717, 1.165) is 12.0 Å². The molecule has 0 saturated heterocycles. The molecule has 0 amide bonds. The highest BCUT2D eigenvalue weighted by Crippen LogP contribution is 2.19. The zero-order valence-corrected chi connectivity index (χ0v) is 8.14. The number of carbonyl (C=O) groups excluding carboxylic acids is 1. The first-order valence-electron chi connectivity index (χ1n) is 4.51. The van der Waals surface area contributed by atoms with Gasteiger partial charge in [-0.25, -0.2) is 4.79 Å². The SMILES string of the molecule is C=CC(=O)OC(CC)c1cccnc1. The Hall–Kier alpha value is -1.64. The van der Waals surface area contributed by atoms with Crippen molar-refractivity contribution in [3.63, 3.8) is 0 Å². The van der Waals surface area contributed by atoms with Gasteiger partial charge in [0.25, 0.3) is 0 Å². The van der Waals surface area contributed by atoms with Gasteiger partial charge in [-0.15, -0.1) is 0 Å². The standard InChI is InChI=1S/C11H13NO2/c1-3-10(14-11(13)4-2)9-6-5-7-12-8-9/h4-8,10H,2-3H2,1H3. The van der Waals surface area contributed by atoms with Crippen LogP contribution in [0.5, 0.6) is 0 Å². The number of aromatic nitrogens is 1. The molecule has 1 atom stereocenters. The molecule has 0 aliphatic heterocycles. The van der Waals surface area contributed by atoms with Crippen molar-refractivity contribution in [2.75, 3.05) is 0 Å². The summed E-state index contributed by atoms with van der Waals surface area (Å²) in [5, 5.41) is 0. The fourth-order valence-electron chi connectivity index (χ4n) is 1.14. The molecule has 3 nitrogen and oxygen atoms in total. The number of carbonyl (C=O) groups is 1. The highest BCUT2D eigenvalue weighted by molar-refractivity contribution is 5.81. The van der Waals surface area contributed by atoms with Gasteiger partial charge in [0.1, 0.15) is 6.10 Å². The maximum absolute atomic E-state index is 11.0. The van der Waals surface area contributed by atoms with Crippen molar-refractivity contribution in [3.05, 3.63) is 42.7 Å². The summed E-state index contributed by atoms with van der Waals surface area (Å²) in [4.78, 5) is 15.0. The first-order chi connectivity index (χ1) is 6.77. The van der Waals surface area contributed by atoms with Crippen LogP contribution in [0.2, 0.25) is 0 Å². The van der Waals surface area contributed by atoms with E-state index in [1.807, 2.05) is 19.1 Å². The third-order valence-electron chi connectivity index (χ3n) is 1.85. The van der Waals surface area contributed by atoms with Gasteiger partial charge in [0.15, 0.2) is 0 Å². The van der Waals surface area contributed by atoms with E-state index in [1.54, 1.807) is 12.4 Å². The Morgan fingerprint density at radius 3 is 3.07 bits per heavy atom. The monoisotopic (exact) mass is 191 g/mol. The van der Waals surface area contributed by atoms with E-state index in [1.165, 1.54) is 6.08 Å². The molecule has 1 heterocycles. The predicted octanol–water partition coefficient (Wildman–Crippen LogP) is 2.26. The second-order valence-corrected chi connectivity index (χ2v) is 2.82. The smallest absolute Gasteiger partial charge is 0.330 e. The van der Waals surface area contributed by atoms with Crippen molar-refractivity contribution in [2.45, 2.75) is 19.4 Å². The molecule has 0 saturated carbocycles. The van der Waals surface area contributed by atoms with Crippen LogP contribution in [0.4, 0.5) is 0 Å². The van der Waals surface area contributed by atoms with Crippen molar-refractivity contribution < 1.29 is 9.53 Å². The van der Waals surface area contributed by atoms with E-state index in [-0.39, 0.29) is 6.10 Å². The van der Waals surface area contributed by atoms with Crippen molar-refractivity contribution >= 4 is 5.97 Å². The second-order valence-electron chi connectivity index (χ2n) is 2.82. The minimum Gasteiger partial charge on any atom is -0.454 e. The first-order valence-corrected chi connectivity index (χ1v) is 4.51. The number of hydrogen-bond acceptors (Lipinski definition) is 3. The molecule has 0 aliphatic carbocycles. The Morgan fingerprint density at radius 1 is 1.79 bits per heavy atom. The van der Waals surface area contributed by atoms with E-state index >= 15 is 0 Å². The molecule has 74 valence electrons. The lowest BCUT2D eigenvalue weighted by molar-refractivity contribution is -0.143. The Kier molecular flexibility index (Phi) is 3.85. The molecule has 0 radical (unpaired) electrons. The summed E-state index contributed by atoms with van der Waals surface area (Å²) in [5.74, 6) is -0.402. The van der Waals surface area contributed by atoms with Gasteiger partial charge < -0.3 is 4.74 Å². The fraction of sp³-hybridized carbons (Fsp3) is 0.273. The molecule has 0 aliphatic rings. The van der Waals surface area contributed by atoms with Crippen molar-refractivity contribution in [2.24, 2.45) is 0 Å². The van der Waals surface area contributed by atoms with Gasteiger partial charge in [0.2, 0.25) is 0 Å². The highest BCUT2D eigenvalue weighted by atomic mass is 16.5. The maximum atomic E-state index is 11.0. The average Bonchev–Trinajstić information content (AvgIpc) is 2.26. The quantitative estimate of drug-likeness (QED) is 0.541. The largest absolute Gasteiger partial charge is 0.454 e. The topological polar surface area (TPSA) is 39.2 Å². The summed E-state index contributed by atoms with van der Waals surface area (Å²) >= 11 is 0. The fourth-order valence-corrected chi connectivity index (χ4v) is 1.14. The van der Waals surface area contributed by atoms with Crippen LogP contribution in [-0.4, -0.2) is 11.0 Å². The third-order valence-corrected chi connectivity index (χ3v) is 1.85. The minimum atomic E-state index is -0.402. The molecule has 14 heavy (non-hydrogen) atoms. The number of esters is 1. The van der Waals surface area contributed by atoms with Gasteiger partial charge in [-0.1, -0.05) is 19.6 Å². The molecule has 1 rings (SSSR count). The van der Waals surface area contributed by atoms with E-state index in [4.69, 9.17) is 4.74 Å². The molecule has 3 heteroatoms. The Labute approximate surface area is 83.4 Å². The maximum Gasteiger partial charge on any atom is 0.330 e. The van der Waals surface area contributed by atoms with Gasteiger partial charge in [-0.2, -0.15) is 0 Å². The molecule has 1 aromatic heterocycles. The number of pyridine rings is 1. The van der Waals surface area contributed by atoms with Gasteiger partial charge in [-0.05, 0) is 12.5 Å². The first kappa shape index (κ1) is 10.4. The normalized spacial score (nSPS) is 11.8. The summed E-state index contributed by atoms with van der Waals surface area (Å²) in [6, 6.07) is 3.71. The summed E-state index contributed by atoms with van der Waals surface area (Å²) in [6.07, 6.45) is 5.05. The zero-order chi connectivity index (χ0) is 10.4. The van der Waals surface area contributed by atoms with Crippen LogP contribution in [0.15, 0.2) is 37.2 Å². The van der Waals surface area contributed by atoms with E-state index in [9.17, 15) is 4.79 Å². The number of nitrogens with zero attached hydrogens (tertiary/aromatic N) is 1. The van der Waals surface area contributed by atoms with Crippen molar-refractivity contribution in [1.82, 2.24) is 4.98 Å². The number of rotatable bonds is 4. The number of ether oxygens (including phenoxy) is 1. The zero-order valence-electron chi connectivity index (χ0n) is 8.14. The molecule has 0 spiro atoms. The summed E-state index contributed by atoms with van der Waals surface area (Å²) < 4.78 is 5.14. The van der Waals surface area contributed by atoms with Crippen molar-refractivity contribution in [3.8, 4) is 0 Å². The summed E-state index contributed by atoms with van der Waals surface area (Å²) in [6.45, 7) is 5.30. The lowest BCUT2D eigenvalue weighted by atomic mass is 10.1. The second kappa shape index (κ2) is 5.17. The molecule has 1 aromatic rings. The van der Waals surface area contributed by atoms with Crippen molar-refractivity contribution in [1.29, 1.82) is 0 Å². The predicted molar refractivity (Wildman–Crippen MR) is 53.6 cm³/mol. The Balaban J connectivity index is 2.72. The van der Waals surface area contributed by atoms with Crippen LogP contribution in [0.1, 0.15) is 25.0 Å². The Morgan fingerprint density at radius 2 is 2.57 bits per heavy atom. The van der Waals surface area contributed by atoms with Gasteiger partial charge in [0.05, 0.1) is 0 Å². The lowest BCUT2D eigenvalue weighted by Crippen LogP contribution is -2.08. The van der Waals surface area contributed by atoms with Gasteiger partial charge in [-0.3, -0.25) is 4.98 Å². The lowest BCUT2D eigenvalue weighted by Gasteiger charge is -2.14. The Bertz CT molecular complexity index is 308. The summed E-state index contributed by atoms with van der Waals surface area (Å²) in [7, 11) is 0. The van der Waals surface area contributed by atoms with Crippen LogP contribution in [0.3, 0.4) is 0 Å². The highest BCUT2D eigenvalue weighted by Gasteiger charge is 2.12. The average molecular weight is 191 g/mol. The van der Waals surface area contributed by atoms with Crippen LogP contribution >= 0.6 is 0 Å². The molecule has 0 bridgehead atoms. The summed E-state index contributed by atoms with van der Waals surface area (Å²) in [5.41, 5.74) is 0.908. The van der Waals surface area contributed by atoms with Gasteiger partial charge >= 0.3 is 5.97 Å². The molecule has 1 unspecified atom stereocenters. The van der Waals surface area contributed by atoms with Crippen LogP contribution in [0, 0.1) is 0 Å². The minimum absolute atomic E-state index is 0.228. The van der Waals surface area contributed by atoms with E-state index in [2.05, 4.69) is 11.6 Å². The molecular weight excluding hydrogens is 178 g/mol. The van der Waals surface area contributed by atoms with Crippen LogP contribution in [0.25, 0.3) is 0 Å². The molecular formula is C11H13NO2. The van der Waals surface area contributed by atoms with E-state index in [0.29, 0.717) is 0 Å². The molecule has 0 fully saturated rings. The van der Waals surface area contributed by atoms with Gasteiger partial charge in [0, 0.05) is 24.0 Å². The number of hydrogen-bond donors (Lipinski definition) is 0. The van der Waals surface area contributed by atoms with E-state index < -0.39 is 5.97 Å². The van der Waals surface area contributed by atoms with Crippen LogP contribution < -0.4 is 0 Å². The molecule has 0 N–H and O–H groups in total. The third kappa shape index (κ3) is 2.69. The molecule has 0 aromatic carbocycles.